The largest absolute Gasteiger partial charge is 0.349 e. The summed E-state index contributed by atoms with van der Waals surface area (Å²) in [6.45, 7) is 3.60. The lowest BCUT2D eigenvalue weighted by atomic mass is 10.0. The summed E-state index contributed by atoms with van der Waals surface area (Å²) in [5.74, 6) is 2.39. The normalized spacial score (nSPS) is 31.4. The lowest BCUT2D eigenvalue weighted by Crippen LogP contribution is -2.35. The number of amides is 1. The SMILES string of the molecule is O=C(NC1[C@H]2CN(CCCC3CCCC3)C[C@@H]12)c1cn[nH]c1. The summed E-state index contributed by atoms with van der Waals surface area (Å²) in [5, 5.41) is 9.67. The van der Waals surface area contributed by atoms with E-state index in [-0.39, 0.29) is 5.91 Å². The minimum absolute atomic E-state index is 0.0148. The topological polar surface area (TPSA) is 61.0 Å². The van der Waals surface area contributed by atoms with Gasteiger partial charge in [0.25, 0.3) is 5.91 Å². The number of rotatable bonds is 6. The van der Waals surface area contributed by atoms with E-state index in [1.807, 2.05) is 0 Å². The molecule has 4 rings (SSSR count). The number of carbonyl (C=O) groups excluding carboxylic acids is 1. The molecule has 1 saturated heterocycles. The van der Waals surface area contributed by atoms with Crippen LogP contribution in [0.5, 0.6) is 0 Å². The molecule has 3 atom stereocenters. The fraction of sp³-hybridized carbons (Fsp3) is 0.765. The third-order valence-electron chi connectivity index (χ3n) is 5.89. The van der Waals surface area contributed by atoms with Crippen LogP contribution in [-0.2, 0) is 0 Å². The van der Waals surface area contributed by atoms with Crippen LogP contribution in [0.1, 0.15) is 48.9 Å². The third-order valence-corrected chi connectivity index (χ3v) is 5.89. The summed E-state index contributed by atoms with van der Waals surface area (Å²) in [5.41, 5.74) is 0.637. The Morgan fingerprint density at radius 1 is 1.32 bits per heavy atom. The fourth-order valence-corrected chi connectivity index (χ4v) is 4.52. The summed E-state index contributed by atoms with van der Waals surface area (Å²) in [6.07, 6.45) is 11.9. The molecule has 1 aromatic heterocycles. The van der Waals surface area contributed by atoms with Crippen molar-refractivity contribution >= 4 is 5.91 Å². The van der Waals surface area contributed by atoms with Gasteiger partial charge in [-0.25, -0.2) is 0 Å². The first-order valence-electron chi connectivity index (χ1n) is 8.83. The highest BCUT2D eigenvalue weighted by Gasteiger charge is 2.56. The average molecular weight is 302 g/mol. The van der Waals surface area contributed by atoms with Crippen LogP contribution in [0.4, 0.5) is 0 Å². The molecule has 0 radical (unpaired) electrons. The second-order valence-electron chi connectivity index (χ2n) is 7.37. The lowest BCUT2D eigenvalue weighted by molar-refractivity contribution is 0.0943. The number of piperidine rings is 1. The van der Waals surface area contributed by atoms with Gasteiger partial charge in [-0.2, -0.15) is 5.10 Å². The first-order valence-corrected chi connectivity index (χ1v) is 8.83. The lowest BCUT2D eigenvalue weighted by Gasteiger charge is -2.20. The summed E-state index contributed by atoms with van der Waals surface area (Å²) in [6, 6.07) is 0.397. The Kier molecular flexibility index (Phi) is 3.90. The Balaban J connectivity index is 1.15. The van der Waals surface area contributed by atoms with Crippen LogP contribution in [0.3, 0.4) is 0 Å². The average Bonchev–Trinajstić information content (AvgIpc) is 3.09. The maximum absolute atomic E-state index is 12.0. The van der Waals surface area contributed by atoms with Crippen molar-refractivity contribution in [2.24, 2.45) is 17.8 Å². The monoisotopic (exact) mass is 302 g/mol. The molecule has 1 aliphatic heterocycles. The molecular weight excluding hydrogens is 276 g/mol. The number of carbonyl (C=O) groups is 1. The summed E-state index contributed by atoms with van der Waals surface area (Å²) < 4.78 is 0. The van der Waals surface area contributed by atoms with Crippen molar-refractivity contribution in [3.8, 4) is 0 Å². The van der Waals surface area contributed by atoms with Crippen molar-refractivity contribution in [3.63, 3.8) is 0 Å². The number of nitrogens with one attached hydrogen (secondary N) is 2. The molecule has 22 heavy (non-hydrogen) atoms. The number of H-pyrrole nitrogens is 1. The molecule has 2 N–H and O–H groups in total. The first kappa shape index (κ1) is 14.2. The van der Waals surface area contributed by atoms with E-state index < -0.39 is 0 Å². The molecular formula is C17H26N4O. The number of hydrogen-bond donors (Lipinski definition) is 2. The molecule has 2 heterocycles. The molecule has 2 saturated carbocycles. The van der Waals surface area contributed by atoms with Crippen molar-refractivity contribution in [3.05, 3.63) is 18.0 Å². The summed E-state index contributed by atoms with van der Waals surface area (Å²) in [7, 11) is 0. The molecule has 1 amide bonds. The number of hydrogen-bond acceptors (Lipinski definition) is 3. The highest BCUT2D eigenvalue weighted by molar-refractivity contribution is 5.94. The van der Waals surface area contributed by atoms with Crippen LogP contribution >= 0.6 is 0 Å². The Morgan fingerprint density at radius 2 is 2.09 bits per heavy atom. The van der Waals surface area contributed by atoms with E-state index in [1.54, 1.807) is 12.4 Å². The van der Waals surface area contributed by atoms with E-state index in [4.69, 9.17) is 0 Å². The van der Waals surface area contributed by atoms with E-state index in [9.17, 15) is 4.79 Å². The predicted molar refractivity (Wildman–Crippen MR) is 84.5 cm³/mol. The highest BCUT2D eigenvalue weighted by Crippen LogP contribution is 2.45. The smallest absolute Gasteiger partial charge is 0.254 e. The van der Waals surface area contributed by atoms with E-state index >= 15 is 0 Å². The summed E-state index contributed by atoms with van der Waals surface area (Å²) in [4.78, 5) is 14.6. The van der Waals surface area contributed by atoms with E-state index in [2.05, 4.69) is 20.4 Å². The molecule has 1 unspecified atom stereocenters. The molecule has 3 aliphatic rings. The first-order chi connectivity index (χ1) is 10.8. The Hall–Kier alpha value is -1.36. The zero-order valence-electron chi connectivity index (χ0n) is 13.1. The van der Waals surface area contributed by atoms with Crippen LogP contribution < -0.4 is 5.32 Å². The predicted octanol–water partition coefficient (Wildman–Crippen LogP) is 2.04. The number of aromatic nitrogens is 2. The minimum atomic E-state index is 0.0148. The molecule has 0 spiro atoms. The van der Waals surface area contributed by atoms with Gasteiger partial charge in [-0.1, -0.05) is 25.7 Å². The number of fused-ring (bicyclic) bond motifs is 1. The van der Waals surface area contributed by atoms with Gasteiger partial charge in [0.1, 0.15) is 0 Å². The van der Waals surface area contributed by atoms with Gasteiger partial charge in [0, 0.05) is 25.3 Å². The van der Waals surface area contributed by atoms with E-state index in [0.717, 1.165) is 5.92 Å². The Bertz CT molecular complexity index is 497. The van der Waals surface area contributed by atoms with Gasteiger partial charge in [-0.3, -0.25) is 9.89 Å². The van der Waals surface area contributed by atoms with Crippen LogP contribution in [-0.4, -0.2) is 46.7 Å². The Morgan fingerprint density at radius 3 is 2.77 bits per heavy atom. The van der Waals surface area contributed by atoms with Crippen molar-refractivity contribution < 1.29 is 4.79 Å². The Labute approximate surface area is 131 Å². The number of aromatic amines is 1. The minimum Gasteiger partial charge on any atom is -0.349 e. The molecule has 120 valence electrons. The van der Waals surface area contributed by atoms with Gasteiger partial charge in [-0.05, 0) is 37.1 Å². The number of nitrogens with zero attached hydrogens (tertiary/aromatic N) is 2. The van der Waals surface area contributed by atoms with Gasteiger partial charge in [0.2, 0.25) is 0 Å². The van der Waals surface area contributed by atoms with Crippen molar-refractivity contribution in [1.82, 2.24) is 20.4 Å². The van der Waals surface area contributed by atoms with Gasteiger partial charge < -0.3 is 10.2 Å². The highest BCUT2D eigenvalue weighted by atomic mass is 16.1. The molecule has 5 nitrogen and oxygen atoms in total. The molecule has 5 heteroatoms. The van der Waals surface area contributed by atoms with E-state index in [0.29, 0.717) is 23.4 Å². The second kappa shape index (κ2) is 6.03. The molecule has 3 fully saturated rings. The van der Waals surface area contributed by atoms with Crippen molar-refractivity contribution in [2.75, 3.05) is 19.6 Å². The van der Waals surface area contributed by atoms with Crippen molar-refractivity contribution in [1.29, 1.82) is 0 Å². The second-order valence-corrected chi connectivity index (χ2v) is 7.37. The summed E-state index contributed by atoms with van der Waals surface area (Å²) >= 11 is 0. The quantitative estimate of drug-likeness (QED) is 0.845. The molecule has 2 aliphatic carbocycles. The maximum Gasteiger partial charge on any atom is 0.254 e. The fourth-order valence-electron chi connectivity index (χ4n) is 4.52. The standard InChI is InChI=1S/C17H26N4O/c22-17(13-8-18-19-9-13)20-16-14-10-21(11-15(14)16)7-3-6-12-4-1-2-5-12/h8-9,12,14-16H,1-7,10-11H2,(H,18,19)(H,20,22)/t14-,15+,16?. The molecule has 1 aromatic rings. The zero-order chi connectivity index (χ0) is 14.9. The van der Waals surface area contributed by atoms with Crippen LogP contribution in [0.15, 0.2) is 12.4 Å². The molecule has 0 bridgehead atoms. The van der Waals surface area contributed by atoms with Gasteiger partial charge in [0.05, 0.1) is 11.8 Å². The van der Waals surface area contributed by atoms with Crippen molar-refractivity contribution in [2.45, 2.75) is 44.6 Å². The van der Waals surface area contributed by atoms with Crippen LogP contribution in [0.2, 0.25) is 0 Å². The van der Waals surface area contributed by atoms with Crippen LogP contribution in [0, 0.1) is 17.8 Å². The van der Waals surface area contributed by atoms with Crippen LogP contribution in [0.25, 0.3) is 0 Å². The maximum atomic E-state index is 12.0. The van der Waals surface area contributed by atoms with Gasteiger partial charge in [0.15, 0.2) is 0 Å². The van der Waals surface area contributed by atoms with Gasteiger partial charge >= 0.3 is 0 Å². The van der Waals surface area contributed by atoms with Gasteiger partial charge in [-0.15, -0.1) is 0 Å². The number of likely N-dealkylation sites (tertiary alicyclic amines) is 1. The zero-order valence-corrected chi connectivity index (χ0v) is 13.1. The molecule has 0 aromatic carbocycles. The van der Waals surface area contributed by atoms with E-state index in [1.165, 1.54) is 58.2 Å². The third kappa shape index (κ3) is 2.91.